The molecule has 0 unspecified atom stereocenters. The number of nitrogens with zero attached hydrogens (tertiary/aromatic N) is 2. The fraction of sp³-hybridized carbons (Fsp3) is 0.647. The molecule has 4 nitrogen and oxygen atoms in total. The minimum Gasteiger partial charge on any atom is -0.497 e. The van der Waals surface area contributed by atoms with E-state index in [1.807, 2.05) is 6.07 Å². The molecule has 4 heteroatoms. The first-order valence-electron chi connectivity index (χ1n) is 7.87. The largest absolute Gasteiger partial charge is 0.497 e. The quantitative estimate of drug-likeness (QED) is 0.850. The highest BCUT2D eigenvalue weighted by molar-refractivity contribution is 5.28. The summed E-state index contributed by atoms with van der Waals surface area (Å²) in [7, 11) is 3.92. The molecule has 1 spiro atoms. The zero-order valence-corrected chi connectivity index (χ0v) is 13.2. The van der Waals surface area contributed by atoms with E-state index >= 15 is 0 Å². The fourth-order valence-corrected chi connectivity index (χ4v) is 3.42. The fourth-order valence-electron chi connectivity index (χ4n) is 3.42. The van der Waals surface area contributed by atoms with Crippen LogP contribution in [0.1, 0.15) is 18.4 Å². The second-order valence-corrected chi connectivity index (χ2v) is 6.40. The van der Waals surface area contributed by atoms with Gasteiger partial charge in [-0.15, -0.1) is 0 Å². The second-order valence-electron chi connectivity index (χ2n) is 6.40. The van der Waals surface area contributed by atoms with Crippen LogP contribution in [0.5, 0.6) is 5.75 Å². The maximum absolute atomic E-state index is 6.17. The van der Waals surface area contributed by atoms with Crippen molar-refractivity contribution in [3.05, 3.63) is 29.8 Å². The summed E-state index contributed by atoms with van der Waals surface area (Å²) in [5.74, 6) is 0.940. The molecule has 0 aliphatic carbocycles. The van der Waals surface area contributed by atoms with Gasteiger partial charge in [0, 0.05) is 32.7 Å². The van der Waals surface area contributed by atoms with E-state index in [4.69, 9.17) is 9.47 Å². The molecule has 2 aliphatic rings. The summed E-state index contributed by atoms with van der Waals surface area (Å²) in [5.41, 5.74) is 1.41. The van der Waals surface area contributed by atoms with E-state index in [2.05, 4.69) is 35.0 Å². The van der Waals surface area contributed by atoms with Gasteiger partial charge < -0.3 is 14.4 Å². The zero-order valence-electron chi connectivity index (χ0n) is 13.2. The maximum Gasteiger partial charge on any atom is 0.119 e. The van der Waals surface area contributed by atoms with Crippen LogP contribution in [0.2, 0.25) is 0 Å². The first-order valence-corrected chi connectivity index (χ1v) is 7.87. The van der Waals surface area contributed by atoms with Crippen molar-refractivity contribution in [1.82, 2.24) is 9.80 Å². The van der Waals surface area contributed by atoms with Crippen LogP contribution in [0.15, 0.2) is 24.3 Å². The van der Waals surface area contributed by atoms with E-state index in [0.717, 1.165) is 57.9 Å². The molecule has 0 atom stereocenters. The number of benzene rings is 1. The average Bonchev–Trinajstić information content (AvgIpc) is 2.51. The molecule has 0 aromatic heterocycles. The van der Waals surface area contributed by atoms with Crippen molar-refractivity contribution in [1.29, 1.82) is 0 Å². The molecule has 0 saturated carbocycles. The Labute approximate surface area is 127 Å². The van der Waals surface area contributed by atoms with Crippen LogP contribution in [-0.4, -0.2) is 62.3 Å². The average molecular weight is 290 g/mol. The molecule has 0 amide bonds. The minimum atomic E-state index is 0.0869. The Morgan fingerprint density at radius 3 is 2.81 bits per heavy atom. The molecule has 2 heterocycles. The molecule has 3 rings (SSSR count). The van der Waals surface area contributed by atoms with E-state index < -0.39 is 0 Å². The third kappa shape index (κ3) is 3.57. The highest BCUT2D eigenvalue weighted by Crippen LogP contribution is 2.30. The third-order valence-electron chi connectivity index (χ3n) is 4.77. The molecule has 1 aromatic carbocycles. The predicted octanol–water partition coefficient (Wildman–Crippen LogP) is 1.99. The highest BCUT2D eigenvalue weighted by Gasteiger charge is 2.38. The smallest absolute Gasteiger partial charge is 0.119 e. The summed E-state index contributed by atoms with van der Waals surface area (Å²) >= 11 is 0. The lowest BCUT2D eigenvalue weighted by molar-refractivity contribution is -0.135. The molecule has 2 fully saturated rings. The number of ether oxygens (including phenoxy) is 2. The van der Waals surface area contributed by atoms with Crippen LogP contribution in [0.25, 0.3) is 0 Å². The molecule has 2 saturated heterocycles. The van der Waals surface area contributed by atoms with Crippen molar-refractivity contribution >= 4 is 0 Å². The van der Waals surface area contributed by atoms with Crippen LogP contribution >= 0.6 is 0 Å². The van der Waals surface area contributed by atoms with Crippen molar-refractivity contribution in [3.8, 4) is 5.75 Å². The van der Waals surface area contributed by atoms with Crippen LogP contribution in [-0.2, 0) is 11.3 Å². The Hall–Kier alpha value is -1.10. The van der Waals surface area contributed by atoms with Gasteiger partial charge in [-0.05, 0) is 37.6 Å². The highest BCUT2D eigenvalue weighted by atomic mass is 16.5. The third-order valence-corrected chi connectivity index (χ3v) is 4.77. The number of likely N-dealkylation sites (tertiary alicyclic amines) is 1. The lowest BCUT2D eigenvalue weighted by atomic mass is 9.89. The first-order chi connectivity index (χ1) is 10.2. The number of morpholine rings is 1. The Morgan fingerprint density at radius 2 is 2.05 bits per heavy atom. The molecule has 2 aliphatic heterocycles. The number of piperidine rings is 1. The SMILES string of the molecule is COc1cccc(CN2CCOC3(CCN(C)CC3)C2)c1. The van der Waals surface area contributed by atoms with E-state index in [1.54, 1.807) is 7.11 Å². The van der Waals surface area contributed by atoms with Gasteiger partial charge in [0.25, 0.3) is 0 Å². The number of hydrogen-bond donors (Lipinski definition) is 0. The molecule has 21 heavy (non-hydrogen) atoms. The van der Waals surface area contributed by atoms with Gasteiger partial charge in [-0.1, -0.05) is 12.1 Å². The van der Waals surface area contributed by atoms with E-state index in [0.29, 0.717) is 0 Å². The minimum absolute atomic E-state index is 0.0869. The van der Waals surface area contributed by atoms with E-state index in [-0.39, 0.29) is 5.60 Å². The molecule has 1 aromatic rings. The summed E-state index contributed by atoms with van der Waals surface area (Å²) < 4.78 is 11.5. The van der Waals surface area contributed by atoms with Gasteiger partial charge >= 0.3 is 0 Å². The van der Waals surface area contributed by atoms with Crippen molar-refractivity contribution in [2.24, 2.45) is 0 Å². The second kappa shape index (κ2) is 6.34. The predicted molar refractivity (Wildman–Crippen MR) is 83.7 cm³/mol. The molecular weight excluding hydrogens is 264 g/mol. The topological polar surface area (TPSA) is 24.9 Å². The molecule has 0 bridgehead atoms. The molecule has 0 radical (unpaired) electrons. The van der Waals surface area contributed by atoms with Gasteiger partial charge in [0.1, 0.15) is 5.75 Å². The van der Waals surface area contributed by atoms with Crippen LogP contribution < -0.4 is 4.74 Å². The molecule has 0 N–H and O–H groups in total. The van der Waals surface area contributed by atoms with E-state index in [1.165, 1.54) is 5.56 Å². The summed E-state index contributed by atoms with van der Waals surface area (Å²) in [5, 5.41) is 0. The van der Waals surface area contributed by atoms with Gasteiger partial charge in [0.05, 0.1) is 19.3 Å². The van der Waals surface area contributed by atoms with Gasteiger partial charge in [-0.25, -0.2) is 0 Å². The normalized spacial score (nSPS) is 23.3. The Morgan fingerprint density at radius 1 is 1.24 bits per heavy atom. The van der Waals surface area contributed by atoms with Gasteiger partial charge in [0.15, 0.2) is 0 Å². The molecular formula is C17H26N2O2. The van der Waals surface area contributed by atoms with Crippen molar-refractivity contribution < 1.29 is 9.47 Å². The Bertz CT molecular complexity index is 470. The van der Waals surface area contributed by atoms with Crippen LogP contribution in [0, 0.1) is 0 Å². The Balaban J connectivity index is 1.63. The van der Waals surface area contributed by atoms with Crippen molar-refractivity contribution in [2.45, 2.75) is 25.0 Å². The maximum atomic E-state index is 6.17. The lowest BCUT2D eigenvalue weighted by Gasteiger charge is -2.46. The molecule has 116 valence electrons. The van der Waals surface area contributed by atoms with Gasteiger partial charge in [-0.3, -0.25) is 4.90 Å². The number of hydrogen-bond acceptors (Lipinski definition) is 4. The zero-order chi connectivity index (χ0) is 14.7. The summed E-state index contributed by atoms with van der Waals surface area (Å²) in [6, 6.07) is 8.39. The lowest BCUT2D eigenvalue weighted by Crippen LogP contribution is -2.56. The van der Waals surface area contributed by atoms with Crippen molar-refractivity contribution in [2.75, 3.05) is 46.9 Å². The Kier molecular flexibility index (Phi) is 4.48. The monoisotopic (exact) mass is 290 g/mol. The van der Waals surface area contributed by atoms with Crippen molar-refractivity contribution in [3.63, 3.8) is 0 Å². The van der Waals surface area contributed by atoms with Gasteiger partial charge in [0.2, 0.25) is 0 Å². The van der Waals surface area contributed by atoms with Crippen LogP contribution in [0.4, 0.5) is 0 Å². The standard InChI is InChI=1S/C17H26N2O2/c1-18-8-6-17(7-9-18)14-19(10-11-21-17)13-15-4-3-5-16(12-15)20-2/h3-5,12H,6-11,13-14H2,1-2H3. The van der Waals surface area contributed by atoms with E-state index in [9.17, 15) is 0 Å². The number of rotatable bonds is 3. The summed E-state index contributed by atoms with van der Waals surface area (Å²) in [6.07, 6.45) is 2.30. The number of methoxy groups -OCH3 is 1. The van der Waals surface area contributed by atoms with Crippen LogP contribution in [0.3, 0.4) is 0 Å². The summed E-state index contributed by atoms with van der Waals surface area (Å²) in [4.78, 5) is 4.93. The first kappa shape index (κ1) is 14.8. The van der Waals surface area contributed by atoms with Gasteiger partial charge in [-0.2, -0.15) is 0 Å². The summed E-state index contributed by atoms with van der Waals surface area (Å²) in [6.45, 7) is 6.21.